The Labute approximate surface area is 85.2 Å². The van der Waals surface area contributed by atoms with Gasteiger partial charge in [0.05, 0.1) is 11.5 Å². The van der Waals surface area contributed by atoms with Crippen molar-refractivity contribution in [3.8, 4) is 0 Å². The predicted octanol–water partition coefficient (Wildman–Crippen LogP) is 3.07. The fourth-order valence-corrected chi connectivity index (χ4v) is 1.57. The summed E-state index contributed by atoms with van der Waals surface area (Å²) in [5.74, 6) is 0. The number of benzene rings is 1. The van der Waals surface area contributed by atoms with Gasteiger partial charge in [-0.05, 0) is 12.0 Å². The van der Waals surface area contributed by atoms with E-state index in [1.54, 1.807) is 5.49 Å². The first kappa shape index (κ1) is 10.2. The van der Waals surface area contributed by atoms with E-state index in [-0.39, 0.29) is 0 Å². The van der Waals surface area contributed by atoms with Gasteiger partial charge in [0.15, 0.2) is 0 Å². The van der Waals surface area contributed by atoms with Crippen molar-refractivity contribution in [3.63, 3.8) is 0 Å². The first-order valence-electron chi connectivity index (χ1n) is 4.63. The van der Waals surface area contributed by atoms with Gasteiger partial charge in [-0.15, -0.1) is 0 Å². The third-order valence-corrected chi connectivity index (χ3v) is 2.18. The van der Waals surface area contributed by atoms with E-state index in [0.717, 1.165) is 12.8 Å². The first-order valence-corrected chi connectivity index (χ1v) is 5.10. The van der Waals surface area contributed by atoms with Crippen molar-refractivity contribution in [3.05, 3.63) is 35.9 Å². The molecule has 1 unspecified atom stereocenters. The Morgan fingerprint density at radius 3 is 2.62 bits per heavy atom. The van der Waals surface area contributed by atoms with Gasteiger partial charge in [0.1, 0.15) is 0 Å². The van der Waals surface area contributed by atoms with E-state index in [0.29, 0.717) is 6.04 Å². The normalized spacial score (nSPS) is 12.1. The lowest BCUT2D eigenvalue weighted by molar-refractivity contribution is 0.589. The average Bonchev–Trinajstić information content (AvgIpc) is 2.19. The molecule has 1 aromatic rings. The van der Waals surface area contributed by atoms with Crippen molar-refractivity contribution >= 4 is 17.7 Å². The van der Waals surface area contributed by atoms with Gasteiger partial charge in [0.2, 0.25) is 0 Å². The Bertz CT molecular complexity index is 246. The highest BCUT2D eigenvalue weighted by molar-refractivity contribution is 7.78. The number of hydrogen-bond acceptors (Lipinski definition) is 1. The smallest absolute Gasteiger partial charge is 0.0619 e. The summed E-state index contributed by atoms with van der Waals surface area (Å²) in [6, 6.07) is 10.8. The monoisotopic (exact) mass is 193 g/mol. The Morgan fingerprint density at radius 2 is 2.08 bits per heavy atom. The maximum absolute atomic E-state index is 4.81. The van der Waals surface area contributed by atoms with Crippen LogP contribution in [0.3, 0.4) is 0 Å². The fraction of sp³-hybridized carbons (Fsp3) is 0.364. The summed E-state index contributed by atoms with van der Waals surface area (Å²) in [5, 5.41) is 3.19. The lowest BCUT2D eigenvalue weighted by Gasteiger charge is -2.15. The van der Waals surface area contributed by atoms with Crippen LogP contribution in [-0.2, 0) is 0 Å². The van der Waals surface area contributed by atoms with Crippen molar-refractivity contribution < 1.29 is 0 Å². The summed E-state index contributed by atoms with van der Waals surface area (Å²) in [4.78, 5) is 0. The third-order valence-electron chi connectivity index (χ3n) is 2.05. The minimum absolute atomic E-state index is 0.378. The molecule has 0 saturated heterocycles. The molecular weight excluding hydrogens is 178 g/mol. The highest BCUT2D eigenvalue weighted by atomic mass is 32.1. The molecule has 2 heteroatoms. The molecule has 0 aliphatic carbocycles. The highest BCUT2D eigenvalue weighted by Gasteiger charge is 2.06. The van der Waals surface area contributed by atoms with E-state index in [1.807, 2.05) is 6.07 Å². The van der Waals surface area contributed by atoms with Crippen LogP contribution in [-0.4, -0.2) is 5.49 Å². The van der Waals surface area contributed by atoms with Crippen molar-refractivity contribution in [2.24, 2.45) is 0 Å². The number of thiocarbonyl (C=S) groups is 1. The Kier molecular flexibility index (Phi) is 4.47. The third kappa shape index (κ3) is 3.15. The molecule has 0 amide bonds. The molecule has 1 rings (SSSR count). The van der Waals surface area contributed by atoms with E-state index < -0.39 is 0 Å². The van der Waals surface area contributed by atoms with Gasteiger partial charge in [-0.25, -0.2) is 0 Å². The van der Waals surface area contributed by atoms with Crippen molar-refractivity contribution in [1.82, 2.24) is 5.32 Å². The molecule has 0 heterocycles. The Hall–Kier alpha value is -0.890. The Balaban J connectivity index is 2.69. The van der Waals surface area contributed by atoms with Crippen LogP contribution in [0.25, 0.3) is 0 Å². The van der Waals surface area contributed by atoms with Crippen LogP contribution in [0.5, 0.6) is 0 Å². The lowest BCUT2D eigenvalue weighted by atomic mass is 10.0. The van der Waals surface area contributed by atoms with Crippen LogP contribution in [0.1, 0.15) is 31.4 Å². The van der Waals surface area contributed by atoms with Crippen molar-refractivity contribution in [2.75, 3.05) is 0 Å². The molecule has 13 heavy (non-hydrogen) atoms. The topological polar surface area (TPSA) is 12.0 Å². The van der Waals surface area contributed by atoms with Crippen molar-refractivity contribution in [1.29, 1.82) is 0 Å². The SMILES string of the molecule is CCCC(NC=S)c1ccccc1. The maximum Gasteiger partial charge on any atom is 0.0619 e. The molecule has 1 aromatic carbocycles. The number of nitrogens with one attached hydrogen (secondary N) is 1. The van der Waals surface area contributed by atoms with E-state index in [1.165, 1.54) is 5.56 Å². The zero-order valence-electron chi connectivity index (χ0n) is 7.86. The predicted molar refractivity (Wildman–Crippen MR) is 60.9 cm³/mol. The second-order valence-corrected chi connectivity index (χ2v) is 3.27. The summed E-state index contributed by atoms with van der Waals surface area (Å²) in [7, 11) is 0. The van der Waals surface area contributed by atoms with Crippen LogP contribution in [0.2, 0.25) is 0 Å². The van der Waals surface area contributed by atoms with E-state index >= 15 is 0 Å². The van der Waals surface area contributed by atoms with Gasteiger partial charge in [0, 0.05) is 0 Å². The van der Waals surface area contributed by atoms with E-state index in [2.05, 4.69) is 36.5 Å². The summed E-state index contributed by atoms with van der Waals surface area (Å²) in [6.45, 7) is 2.18. The lowest BCUT2D eigenvalue weighted by Crippen LogP contribution is -2.18. The van der Waals surface area contributed by atoms with Gasteiger partial charge < -0.3 is 5.32 Å². The summed E-state index contributed by atoms with van der Waals surface area (Å²) in [5.41, 5.74) is 2.92. The Morgan fingerprint density at radius 1 is 1.38 bits per heavy atom. The van der Waals surface area contributed by atoms with Gasteiger partial charge in [0.25, 0.3) is 0 Å². The molecule has 0 radical (unpaired) electrons. The fourth-order valence-electron chi connectivity index (χ4n) is 1.40. The quantitative estimate of drug-likeness (QED) is 0.721. The molecule has 1 N–H and O–H groups in total. The summed E-state index contributed by atoms with van der Waals surface area (Å²) in [6.07, 6.45) is 2.28. The molecule has 0 aromatic heterocycles. The van der Waals surface area contributed by atoms with Crippen LogP contribution in [0.4, 0.5) is 0 Å². The largest absolute Gasteiger partial charge is 0.375 e. The van der Waals surface area contributed by atoms with Gasteiger partial charge in [-0.3, -0.25) is 0 Å². The molecular formula is C11H15NS. The van der Waals surface area contributed by atoms with Gasteiger partial charge in [-0.1, -0.05) is 55.9 Å². The zero-order valence-corrected chi connectivity index (χ0v) is 8.68. The molecule has 0 fully saturated rings. The van der Waals surface area contributed by atoms with E-state index in [9.17, 15) is 0 Å². The van der Waals surface area contributed by atoms with Crippen LogP contribution in [0.15, 0.2) is 30.3 Å². The number of rotatable bonds is 5. The summed E-state index contributed by atoms with van der Waals surface area (Å²) >= 11 is 4.81. The highest BCUT2D eigenvalue weighted by Crippen LogP contribution is 2.16. The zero-order chi connectivity index (χ0) is 9.52. The molecule has 0 saturated carbocycles. The molecule has 70 valence electrons. The summed E-state index contributed by atoms with van der Waals surface area (Å²) < 4.78 is 0. The molecule has 0 spiro atoms. The molecule has 0 aliphatic rings. The van der Waals surface area contributed by atoms with Crippen LogP contribution in [0, 0.1) is 0 Å². The second-order valence-electron chi connectivity index (χ2n) is 3.04. The molecule has 0 bridgehead atoms. The van der Waals surface area contributed by atoms with Crippen LogP contribution < -0.4 is 5.32 Å². The maximum atomic E-state index is 4.81. The molecule has 1 nitrogen and oxygen atoms in total. The average molecular weight is 193 g/mol. The van der Waals surface area contributed by atoms with Crippen molar-refractivity contribution in [2.45, 2.75) is 25.8 Å². The minimum atomic E-state index is 0.378. The molecule has 0 aliphatic heterocycles. The first-order chi connectivity index (χ1) is 6.38. The molecule has 1 atom stereocenters. The van der Waals surface area contributed by atoms with Gasteiger partial charge in [-0.2, -0.15) is 0 Å². The van der Waals surface area contributed by atoms with Crippen LogP contribution >= 0.6 is 12.2 Å². The van der Waals surface area contributed by atoms with E-state index in [4.69, 9.17) is 12.2 Å². The second kappa shape index (κ2) is 5.70. The standard InChI is InChI=1S/C11H15NS/c1-2-6-11(12-9-13)10-7-4-3-5-8-10/h3-5,7-9,11H,2,6H2,1H3,(H,12,13). The minimum Gasteiger partial charge on any atom is -0.375 e. The number of hydrogen-bond donors (Lipinski definition) is 1. The van der Waals surface area contributed by atoms with Gasteiger partial charge >= 0.3 is 0 Å².